The number of alkyl halides is 3. The number of hydrogen-bond donors (Lipinski definition) is 0. The smallest absolute Gasteiger partial charge is 0.269 e. The van der Waals surface area contributed by atoms with Crippen LogP contribution in [0.15, 0.2) is 29.2 Å². The van der Waals surface area contributed by atoms with Gasteiger partial charge in [0.25, 0.3) is 5.56 Å². The minimum atomic E-state index is -4.49. The molecule has 0 saturated heterocycles. The molecule has 84 valence electrons. The van der Waals surface area contributed by atoms with Gasteiger partial charge >= 0.3 is 6.18 Å². The van der Waals surface area contributed by atoms with Crippen LogP contribution in [0.25, 0.3) is 5.65 Å². The Morgan fingerprint density at radius 2 is 2.00 bits per heavy atom. The Balaban J connectivity index is 2.77. The molecule has 3 nitrogen and oxygen atoms in total. The second-order valence-corrected chi connectivity index (χ2v) is 3.45. The number of aromatic nitrogens is 2. The molecule has 0 aromatic carbocycles. The Bertz CT molecular complexity index is 606. The molecule has 2 rings (SSSR count). The number of pyridine rings is 1. The first-order valence-corrected chi connectivity index (χ1v) is 4.52. The van der Waals surface area contributed by atoms with Crippen LogP contribution in [0.1, 0.15) is 5.56 Å². The van der Waals surface area contributed by atoms with Gasteiger partial charge in [0.05, 0.1) is 5.56 Å². The maximum atomic E-state index is 12.4. The second kappa shape index (κ2) is 3.48. The van der Waals surface area contributed by atoms with Crippen LogP contribution in [0.2, 0.25) is 5.15 Å². The highest BCUT2D eigenvalue weighted by Gasteiger charge is 2.30. The Kier molecular flexibility index (Phi) is 2.38. The fourth-order valence-electron chi connectivity index (χ4n) is 1.24. The lowest BCUT2D eigenvalue weighted by atomic mass is 10.3. The van der Waals surface area contributed by atoms with Crippen LogP contribution in [0.3, 0.4) is 0 Å². The number of nitrogens with zero attached hydrogens (tertiary/aromatic N) is 2. The molecular formula is C9H4ClF3N2O. The molecule has 2 heterocycles. The van der Waals surface area contributed by atoms with E-state index in [1.165, 1.54) is 0 Å². The van der Waals surface area contributed by atoms with Crippen molar-refractivity contribution in [3.63, 3.8) is 0 Å². The number of hydrogen-bond acceptors (Lipinski definition) is 2. The minimum absolute atomic E-state index is 0.0511. The summed E-state index contributed by atoms with van der Waals surface area (Å²) in [6.07, 6.45) is -3.80. The van der Waals surface area contributed by atoms with Crippen molar-refractivity contribution in [3.8, 4) is 0 Å². The van der Waals surface area contributed by atoms with E-state index < -0.39 is 17.3 Å². The SMILES string of the molecule is O=c1cc(Cl)nc2ccc(C(F)(F)F)cn12. The maximum absolute atomic E-state index is 12.4. The van der Waals surface area contributed by atoms with Gasteiger partial charge in [-0.25, -0.2) is 4.98 Å². The van der Waals surface area contributed by atoms with Crippen LogP contribution < -0.4 is 5.56 Å². The zero-order valence-corrected chi connectivity index (χ0v) is 8.38. The molecule has 2 aromatic heterocycles. The van der Waals surface area contributed by atoms with Crippen LogP contribution in [0.5, 0.6) is 0 Å². The highest BCUT2D eigenvalue weighted by molar-refractivity contribution is 6.29. The summed E-state index contributed by atoms with van der Waals surface area (Å²) in [7, 11) is 0. The van der Waals surface area contributed by atoms with Crippen molar-refractivity contribution in [2.24, 2.45) is 0 Å². The van der Waals surface area contributed by atoms with Gasteiger partial charge < -0.3 is 0 Å². The number of rotatable bonds is 0. The first-order chi connectivity index (χ1) is 7.38. The molecule has 0 fully saturated rings. The van der Waals surface area contributed by atoms with Crippen LogP contribution >= 0.6 is 11.6 Å². The molecule has 0 radical (unpaired) electrons. The van der Waals surface area contributed by atoms with Gasteiger partial charge in [0.1, 0.15) is 10.8 Å². The van der Waals surface area contributed by atoms with E-state index in [1.54, 1.807) is 0 Å². The number of fused-ring (bicyclic) bond motifs is 1. The standard InChI is InChI=1S/C9H4ClF3N2O/c10-6-3-8(16)15-4-5(9(11,12)13)1-2-7(15)14-6/h1-4H. The predicted octanol–water partition coefficient (Wildman–Crippen LogP) is 2.37. The zero-order chi connectivity index (χ0) is 11.9. The van der Waals surface area contributed by atoms with E-state index in [0.717, 1.165) is 22.6 Å². The first kappa shape index (κ1) is 10.9. The predicted molar refractivity (Wildman–Crippen MR) is 51.5 cm³/mol. The summed E-state index contributed by atoms with van der Waals surface area (Å²) in [5.41, 5.74) is -1.49. The van der Waals surface area contributed by atoms with Crippen molar-refractivity contribution in [3.05, 3.63) is 45.5 Å². The Labute approximate surface area is 92.1 Å². The van der Waals surface area contributed by atoms with Gasteiger partial charge in [-0.1, -0.05) is 11.6 Å². The highest BCUT2D eigenvalue weighted by Crippen LogP contribution is 2.28. The van der Waals surface area contributed by atoms with Crippen LogP contribution in [0, 0.1) is 0 Å². The van der Waals surface area contributed by atoms with E-state index in [0.29, 0.717) is 6.20 Å². The average molecular weight is 249 g/mol. The van der Waals surface area contributed by atoms with E-state index in [-0.39, 0.29) is 10.8 Å². The van der Waals surface area contributed by atoms with Crippen molar-refractivity contribution in [2.75, 3.05) is 0 Å². The topological polar surface area (TPSA) is 34.4 Å². The average Bonchev–Trinajstić information content (AvgIpc) is 2.15. The molecule has 0 unspecified atom stereocenters. The molecule has 0 aliphatic rings. The molecule has 0 bridgehead atoms. The van der Waals surface area contributed by atoms with Crippen LogP contribution in [0.4, 0.5) is 13.2 Å². The lowest BCUT2D eigenvalue weighted by Crippen LogP contribution is -2.16. The van der Waals surface area contributed by atoms with Gasteiger partial charge in [0.2, 0.25) is 0 Å². The molecule has 0 aliphatic carbocycles. The molecule has 0 spiro atoms. The van der Waals surface area contributed by atoms with E-state index in [9.17, 15) is 18.0 Å². The fourth-order valence-corrected chi connectivity index (χ4v) is 1.42. The normalized spacial score (nSPS) is 12.0. The molecule has 0 atom stereocenters. The van der Waals surface area contributed by atoms with Crippen molar-refractivity contribution in [2.45, 2.75) is 6.18 Å². The highest BCUT2D eigenvalue weighted by atomic mass is 35.5. The third kappa shape index (κ3) is 1.88. The Morgan fingerprint density at radius 1 is 1.31 bits per heavy atom. The Hall–Kier alpha value is -1.56. The summed E-state index contributed by atoms with van der Waals surface area (Å²) in [5, 5.41) is -0.0511. The van der Waals surface area contributed by atoms with Gasteiger partial charge in [-0.2, -0.15) is 13.2 Å². The molecule has 7 heteroatoms. The summed E-state index contributed by atoms with van der Waals surface area (Å²) in [6, 6.07) is 2.89. The third-order valence-corrected chi connectivity index (χ3v) is 2.15. The second-order valence-electron chi connectivity index (χ2n) is 3.06. The molecule has 0 N–H and O–H groups in total. The summed E-state index contributed by atoms with van der Waals surface area (Å²) in [6.45, 7) is 0. The maximum Gasteiger partial charge on any atom is 0.417 e. The van der Waals surface area contributed by atoms with Crippen LogP contribution in [-0.4, -0.2) is 9.38 Å². The van der Waals surface area contributed by atoms with Crippen molar-refractivity contribution in [1.82, 2.24) is 9.38 Å². The lowest BCUT2D eigenvalue weighted by molar-refractivity contribution is -0.137. The number of halogens is 4. The molecule has 0 aliphatic heterocycles. The molecule has 0 saturated carbocycles. The van der Waals surface area contributed by atoms with Gasteiger partial charge in [-0.3, -0.25) is 9.20 Å². The first-order valence-electron chi connectivity index (χ1n) is 4.14. The van der Waals surface area contributed by atoms with Gasteiger partial charge in [-0.05, 0) is 12.1 Å². The summed E-state index contributed by atoms with van der Waals surface area (Å²) in [4.78, 5) is 15.1. The van der Waals surface area contributed by atoms with Gasteiger partial charge in [0.15, 0.2) is 0 Å². The summed E-state index contributed by atoms with van der Waals surface area (Å²) < 4.78 is 37.9. The Morgan fingerprint density at radius 3 is 2.62 bits per heavy atom. The molecule has 2 aromatic rings. The summed E-state index contributed by atoms with van der Waals surface area (Å²) in [5.74, 6) is 0. The quantitative estimate of drug-likeness (QED) is 0.671. The monoisotopic (exact) mass is 248 g/mol. The minimum Gasteiger partial charge on any atom is -0.269 e. The van der Waals surface area contributed by atoms with Crippen molar-refractivity contribution in [1.29, 1.82) is 0 Å². The van der Waals surface area contributed by atoms with E-state index in [2.05, 4.69) is 4.98 Å². The van der Waals surface area contributed by atoms with E-state index in [1.807, 2.05) is 0 Å². The molecule has 16 heavy (non-hydrogen) atoms. The van der Waals surface area contributed by atoms with Crippen molar-refractivity contribution >= 4 is 17.2 Å². The van der Waals surface area contributed by atoms with Gasteiger partial charge in [-0.15, -0.1) is 0 Å². The third-order valence-electron chi connectivity index (χ3n) is 1.96. The fraction of sp³-hybridized carbons (Fsp3) is 0.111. The lowest BCUT2D eigenvalue weighted by Gasteiger charge is -2.07. The zero-order valence-electron chi connectivity index (χ0n) is 7.62. The molecular weight excluding hydrogens is 245 g/mol. The van der Waals surface area contributed by atoms with Crippen LogP contribution in [-0.2, 0) is 6.18 Å². The van der Waals surface area contributed by atoms with Gasteiger partial charge in [0, 0.05) is 12.3 Å². The molecule has 0 amide bonds. The largest absolute Gasteiger partial charge is 0.417 e. The summed E-state index contributed by atoms with van der Waals surface area (Å²) >= 11 is 5.51. The van der Waals surface area contributed by atoms with E-state index >= 15 is 0 Å². The van der Waals surface area contributed by atoms with Crippen molar-refractivity contribution < 1.29 is 13.2 Å². The van der Waals surface area contributed by atoms with E-state index in [4.69, 9.17) is 11.6 Å².